The Balaban J connectivity index is 1.62. The summed E-state index contributed by atoms with van der Waals surface area (Å²) in [5, 5.41) is 13.2. The first-order chi connectivity index (χ1) is 9.15. The van der Waals surface area contributed by atoms with Crippen LogP contribution in [0.1, 0.15) is 24.8 Å². The number of carbonyl (C=O) groups excluding carboxylic acids is 1. The molecule has 1 unspecified atom stereocenters. The fraction of sp³-hybridized carbons (Fsp3) is 0.533. The molecule has 1 saturated heterocycles. The van der Waals surface area contributed by atoms with Crippen molar-refractivity contribution >= 4 is 17.7 Å². The van der Waals surface area contributed by atoms with Gasteiger partial charge in [-0.2, -0.15) is 11.8 Å². The topological polar surface area (TPSA) is 49.3 Å². The van der Waals surface area contributed by atoms with E-state index in [-0.39, 0.29) is 11.3 Å². The van der Waals surface area contributed by atoms with Crippen LogP contribution in [0.4, 0.5) is 0 Å². The van der Waals surface area contributed by atoms with Crippen molar-refractivity contribution in [2.75, 3.05) is 18.1 Å². The number of rotatable bonds is 4. The lowest BCUT2D eigenvalue weighted by Crippen LogP contribution is -2.48. The molecule has 1 aliphatic carbocycles. The van der Waals surface area contributed by atoms with Crippen LogP contribution < -0.4 is 5.32 Å². The van der Waals surface area contributed by atoms with E-state index in [0.717, 1.165) is 18.6 Å². The highest BCUT2D eigenvalue weighted by atomic mass is 32.2. The van der Waals surface area contributed by atoms with Crippen LogP contribution in [0.3, 0.4) is 0 Å². The molecule has 1 aliphatic heterocycles. The van der Waals surface area contributed by atoms with Crippen molar-refractivity contribution in [1.82, 2.24) is 5.32 Å². The van der Waals surface area contributed by atoms with E-state index < -0.39 is 5.60 Å². The fourth-order valence-electron chi connectivity index (χ4n) is 2.66. The van der Waals surface area contributed by atoms with Gasteiger partial charge in [-0.1, -0.05) is 30.3 Å². The Labute approximate surface area is 117 Å². The molecule has 1 amide bonds. The molecule has 0 bridgehead atoms. The van der Waals surface area contributed by atoms with E-state index >= 15 is 0 Å². The van der Waals surface area contributed by atoms with Crippen LogP contribution in [-0.4, -0.2) is 34.7 Å². The first kappa shape index (κ1) is 13.0. The molecule has 2 fully saturated rings. The highest BCUT2D eigenvalue weighted by molar-refractivity contribution is 7.99. The van der Waals surface area contributed by atoms with Gasteiger partial charge in [-0.15, -0.1) is 0 Å². The zero-order valence-corrected chi connectivity index (χ0v) is 11.7. The Bertz CT molecular complexity index is 464. The summed E-state index contributed by atoms with van der Waals surface area (Å²) in [5.41, 5.74) is 0.263. The van der Waals surface area contributed by atoms with Crippen molar-refractivity contribution in [1.29, 1.82) is 0 Å². The van der Waals surface area contributed by atoms with Gasteiger partial charge >= 0.3 is 0 Å². The van der Waals surface area contributed by atoms with Crippen molar-refractivity contribution in [2.24, 2.45) is 0 Å². The first-order valence-corrected chi connectivity index (χ1v) is 7.94. The second kappa shape index (κ2) is 4.84. The highest BCUT2D eigenvalue weighted by Crippen LogP contribution is 2.47. The third kappa shape index (κ3) is 2.51. The van der Waals surface area contributed by atoms with Crippen LogP contribution in [-0.2, 0) is 10.2 Å². The van der Waals surface area contributed by atoms with Crippen LogP contribution >= 0.6 is 11.8 Å². The summed E-state index contributed by atoms with van der Waals surface area (Å²) in [6.45, 7) is 0.642. The summed E-state index contributed by atoms with van der Waals surface area (Å²) in [6, 6.07) is 10.3. The van der Waals surface area contributed by atoms with Gasteiger partial charge in [0, 0.05) is 17.7 Å². The summed E-state index contributed by atoms with van der Waals surface area (Å²) in [7, 11) is 0. The number of hydrogen-bond donors (Lipinski definition) is 2. The van der Waals surface area contributed by atoms with Crippen LogP contribution in [0, 0.1) is 0 Å². The molecule has 2 N–H and O–H groups in total. The number of hydrogen-bond acceptors (Lipinski definition) is 3. The van der Waals surface area contributed by atoms with Gasteiger partial charge in [0.2, 0.25) is 0 Å². The van der Waals surface area contributed by atoms with Crippen molar-refractivity contribution in [3.63, 3.8) is 0 Å². The summed E-state index contributed by atoms with van der Waals surface area (Å²) in [6.07, 6.45) is 2.80. The van der Waals surface area contributed by atoms with Gasteiger partial charge in [-0.25, -0.2) is 0 Å². The predicted octanol–water partition coefficient (Wildman–Crippen LogP) is 1.70. The number of thioether (sulfide) groups is 1. The maximum Gasteiger partial charge on any atom is 0.252 e. The van der Waals surface area contributed by atoms with Gasteiger partial charge in [0.15, 0.2) is 5.60 Å². The van der Waals surface area contributed by atoms with Crippen molar-refractivity contribution in [2.45, 2.75) is 30.3 Å². The van der Waals surface area contributed by atoms with Gasteiger partial charge in [0.1, 0.15) is 0 Å². The van der Waals surface area contributed by atoms with Crippen LogP contribution in [0.5, 0.6) is 0 Å². The molecule has 1 aromatic carbocycles. The molecule has 4 heteroatoms. The second-order valence-corrected chi connectivity index (χ2v) is 6.77. The van der Waals surface area contributed by atoms with Gasteiger partial charge < -0.3 is 10.4 Å². The highest BCUT2D eigenvalue weighted by Gasteiger charge is 2.46. The van der Waals surface area contributed by atoms with E-state index in [2.05, 4.69) is 17.4 Å². The number of nitrogens with one attached hydrogen (secondary N) is 1. The van der Waals surface area contributed by atoms with Gasteiger partial charge in [0.25, 0.3) is 5.91 Å². The van der Waals surface area contributed by atoms with Crippen molar-refractivity contribution in [3.05, 3.63) is 35.9 Å². The summed E-state index contributed by atoms with van der Waals surface area (Å²) in [4.78, 5) is 12.1. The molecule has 0 aromatic heterocycles. The Kier molecular flexibility index (Phi) is 3.31. The minimum Gasteiger partial charge on any atom is -0.379 e. The predicted molar refractivity (Wildman–Crippen MR) is 77.3 cm³/mol. The standard InChI is InChI=1S/C15H19NO2S/c17-13(15(18)8-9-19-11-15)16-10-14(6-7-14)12-4-2-1-3-5-12/h1-5,18H,6-11H2,(H,16,17). The number of amides is 1. The number of benzene rings is 1. The van der Waals surface area contributed by atoms with Crippen molar-refractivity contribution < 1.29 is 9.90 Å². The quantitative estimate of drug-likeness (QED) is 0.881. The summed E-state index contributed by atoms with van der Waals surface area (Å²) in [5.74, 6) is 1.20. The molecule has 2 aliphatic rings. The molecule has 1 saturated carbocycles. The lowest BCUT2D eigenvalue weighted by molar-refractivity contribution is -0.137. The summed E-state index contributed by atoms with van der Waals surface area (Å²) >= 11 is 1.64. The Morgan fingerprint density at radius 1 is 1.26 bits per heavy atom. The minimum atomic E-state index is -1.14. The normalized spacial score (nSPS) is 28.1. The maximum absolute atomic E-state index is 12.1. The largest absolute Gasteiger partial charge is 0.379 e. The molecular formula is C15H19NO2S. The smallest absolute Gasteiger partial charge is 0.252 e. The van der Waals surface area contributed by atoms with E-state index in [9.17, 15) is 9.90 Å². The fourth-order valence-corrected chi connectivity index (χ4v) is 3.90. The zero-order chi connectivity index (χ0) is 13.3. The third-order valence-electron chi connectivity index (χ3n) is 4.25. The monoisotopic (exact) mass is 277 g/mol. The molecule has 0 spiro atoms. The molecule has 1 heterocycles. The number of aliphatic hydroxyl groups is 1. The van der Waals surface area contributed by atoms with Gasteiger partial charge in [0.05, 0.1) is 0 Å². The Morgan fingerprint density at radius 2 is 2.00 bits per heavy atom. The summed E-state index contributed by atoms with van der Waals surface area (Å²) < 4.78 is 0. The lowest BCUT2D eigenvalue weighted by atomic mass is 9.95. The molecule has 102 valence electrons. The first-order valence-electron chi connectivity index (χ1n) is 6.79. The Morgan fingerprint density at radius 3 is 2.58 bits per heavy atom. The van der Waals surface area contributed by atoms with Gasteiger partial charge in [-0.05, 0) is 30.6 Å². The molecule has 0 radical (unpaired) electrons. The average molecular weight is 277 g/mol. The van der Waals surface area contributed by atoms with E-state index in [1.54, 1.807) is 11.8 Å². The van der Waals surface area contributed by atoms with E-state index in [1.807, 2.05) is 18.2 Å². The SMILES string of the molecule is O=C(NCC1(c2ccccc2)CC1)C1(O)CCSC1. The lowest BCUT2D eigenvalue weighted by Gasteiger charge is -2.23. The van der Waals surface area contributed by atoms with Crippen molar-refractivity contribution in [3.8, 4) is 0 Å². The van der Waals surface area contributed by atoms with Crippen LogP contribution in [0.25, 0.3) is 0 Å². The average Bonchev–Trinajstić information content (AvgIpc) is 3.12. The maximum atomic E-state index is 12.1. The third-order valence-corrected chi connectivity index (χ3v) is 5.43. The molecule has 3 nitrogen and oxygen atoms in total. The molecule has 19 heavy (non-hydrogen) atoms. The Hall–Kier alpha value is -1.00. The van der Waals surface area contributed by atoms with E-state index in [4.69, 9.17) is 0 Å². The van der Waals surface area contributed by atoms with E-state index in [0.29, 0.717) is 18.7 Å². The van der Waals surface area contributed by atoms with Crippen LogP contribution in [0.2, 0.25) is 0 Å². The molecule has 1 atom stereocenters. The minimum absolute atomic E-state index is 0.110. The van der Waals surface area contributed by atoms with E-state index in [1.165, 1.54) is 5.56 Å². The molecule has 3 rings (SSSR count). The molecular weight excluding hydrogens is 258 g/mol. The zero-order valence-electron chi connectivity index (χ0n) is 10.9. The molecule has 1 aromatic rings. The van der Waals surface area contributed by atoms with Crippen LogP contribution in [0.15, 0.2) is 30.3 Å². The second-order valence-electron chi connectivity index (χ2n) is 5.66. The number of carbonyl (C=O) groups is 1. The van der Waals surface area contributed by atoms with Gasteiger partial charge in [-0.3, -0.25) is 4.79 Å².